The number of rotatable bonds is 8. The molecule has 14 heteroatoms. The van der Waals surface area contributed by atoms with Crippen LogP contribution in [0.4, 0.5) is 0 Å². The maximum Gasteiger partial charge on any atom is 0.342 e. The van der Waals surface area contributed by atoms with E-state index in [1.807, 2.05) is 54.6 Å². The van der Waals surface area contributed by atoms with Gasteiger partial charge in [0.2, 0.25) is 5.91 Å². The molecule has 0 radical (unpaired) electrons. The number of halogens is 1. The second kappa shape index (κ2) is 22.1. The van der Waals surface area contributed by atoms with Crippen molar-refractivity contribution in [2.24, 2.45) is 5.92 Å². The third-order valence-corrected chi connectivity index (χ3v) is 11.8. The van der Waals surface area contributed by atoms with Gasteiger partial charge in [0, 0.05) is 50.5 Å². The number of carbonyl (C=O) groups is 3. The molecule has 2 aliphatic rings. The number of amides is 1. The molecule has 5 N–H and O–H groups in total. The molecule has 1 amide bonds. The van der Waals surface area contributed by atoms with Crippen LogP contribution in [0.25, 0.3) is 0 Å². The number of aliphatic hydroxyl groups excluding tert-OH is 1. The molecular formula is C49H54ClNO12. The second-order valence-corrected chi connectivity index (χ2v) is 16.3. The largest absolute Gasteiger partial charge is 0.508 e. The number of phenols is 4. The SMILES string of the molecule is COC1CC/C=C/CC(c2cccc(CN(OC)C(=O)CC3CC/C=C/CC(c4ccccc4)OC(O)c4c(O)cc(O)cc4C3)c2)OC(=O)c2c(O)cc(O)c(Cl)c2CC(=O)C1. The molecule has 0 saturated carbocycles. The van der Waals surface area contributed by atoms with Crippen LogP contribution < -0.4 is 0 Å². The molecule has 0 aliphatic carbocycles. The van der Waals surface area contributed by atoms with Crippen molar-refractivity contribution in [2.75, 3.05) is 14.2 Å². The van der Waals surface area contributed by atoms with Gasteiger partial charge in [0.1, 0.15) is 40.4 Å². The molecule has 13 nitrogen and oxygen atoms in total. The Morgan fingerprint density at radius 1 is 0.810 bits per heavy atom. The van der Waals surface area contributed by atoms with Gasteiger partial charge >= 0.3 is 5.97 Å². The molecule has 0 saturated heterocycles. The summed E-state index contributed by atoms with van der Waals surface area (Å²) in [6, 6.07) is 20.2. The summed E-state index contributed by atoms with van der Waals surface area (Å²) in [5.74, 6) is -3.48. The van der Waals surface area contributed by atoms with Crippen molar-refractivity contribution in [2.45, 2.75) is 95.4 Å². The Labute approximate surface area is 371 Å². The van der Waals surface area contributed by atoms with Gasteiger partial charge in [-0.25, -0.2) is 9.86 Å². The van der Waals surface area contributed by atoms with E-state index in [1.54, 1.807) is 24.3 Å². The first-order valence-electron chi connectivity index (χ1n) is 21.0. The van der Waals surface area contributed by atoms with Crippen LogP contribution in [-0.4, -0.2) is 68.6 Å². The highest BCUT2D eigenvalue weighted by atomic mass is 35.5. The van der Waals surface area contributed by atoms with Crippen molar-refractivity contribution in [3.8, 4) is 23.0 Å². The number of hydrogen-bond acceptors (Lipinski definition) is 12. The summed E-state index contributed by atoms with van der Waals surface area (Å²) in [4.78, 5) is 46.7. The number of nitrogens with zero attached hydrogens (tertiary/aromatic N) is 1. The molecule has 4 aromatic rings. The monoisotopic (exact) mass is 883 g/mol. The van der Waals surface area contributed by atoms with Crippen molar-refractivity contribution in [1.82, 2.24) is 5.06 Å². The van der Waals surface area contributed by atoms with Gasteiger partial charge < -0.3 is 39.7 Å². The third kappa shape index (κ3) is 12.3. The topological polar surface area (TPSA) is 193 Å². The number of carbonyl (C=O) groups excluding carboxylic acids is 3. The Morgan fingerprint density at radius 3 is 2.25 bits per heavy atom. The molecular weight excluding hydrogens is 830 g/mol. The lowest BCUT2D eigenvalue weighted by Gasteiger charge is -2.27. The van der Waals surface area contributed by atoms with Gasteiger partial charge in [-0.2, -0.15) is 0 Å². The van der Waals surface area contributed by atoms with E-state index in [0.29, 0.717) is 48.8 Å². The number of methoxy groups -OCH3 is 1. The van der Waals surface area contributed by atoms with Crippen LogP contribution in [0.5, 0.6) is 23.0 Å². The number of hydroxylamine groups is 2. The number of esters is 1. The highest BCUT2D eigenvalue weighted by Gasteiger charge is 2.30. The first-order valence-corrected chi connectivity index (χ1v) is 21.4. The van der Waals surface area contributed by atoms with Gasteiger partial charge in [-0.3, -0.25) is 14.4 Å². The summed E-state index contributed by atoms with van der Waals surface area (Å²) >= 11 is 6.42. The number of benzene rings is 4. The number of ketones is 1. The Kier molecular flexibility index (Phi) is 16.4. The van der Waals surface area contributed by atoms with Crippen LogP contribution >= 0.6 is 11.6 Å². The number of fused-ring (bicyclic) bond motifs is 2. The smallest absolute Gasteiger partial charge is 0.342 e. The van der Waals surface area contributed by atoms with E-state index in [4.69, 9.17) is 30.6 Å². The fraction of sp³-hybridized carbons (Fsp3) is 0.367. The molecule has 5 unspecified atom stereocenters. The molecule has 4 aromatic carbocycles. The minimum absolute atomic E-state index is 0.0247. The van der Waals surface area contributed by atoms with Crippen molar-refractivity contribution >= 4 is 29.3 Å². The number of Topliss-reactive ketones (excluding diaryl/α,β-unsaturated/α-hetero) is 1. The van der Waals surface area contributed by atoms with Crippen LogP contribution in [0, 0.1) is 5.92 Å². The molecule has 0 aromatic heterocycles. The average molecular weight is 884 g/mol. The van der Waals surface area contributed by atoms with E-state index in [0.717, 1.165) is 17.7 Å². The third-order valence-electron chi connectivity index (χ3n) is 11.4. The van der Waals surface area contributed by atoms with Crippen LogP contribution in [-0.2, 0) is 48.0 Å². The van der Waals surface area contributed by atoms with Gasteiger partial charge in [0.25, 0.3) is 0 Å². The highest BCUT2D eigenvalue weighted by Crippen LogP contribution is 2.40. The van der Waals surface area contributed by atoms with Gasteiger partial charge in [-0.1, -0.05) is 90.5 Å². The predicted molar refractivity (Wildman–Crippen MR) is 234 cm³/mol. The molecule has 6 rings (SSSR count). The highest BCUT2D eigenvalue weighted by molar-refractivity contribution is 6.33. The van der Waals surface area contributed by atoms with Crippen molar-refractivity contribution in [1.29, 1.82) is 0 Å². The fourth-order valence-corrected chi connectivity index (χ4v) is 8.39. The minimum Gasteiger partial charge on any atom is -0.508 e. The van der Waals surface area contributed by atoms with Crippen LogP contribution in [0.2, 0.25) is 5.02 Å². The summed E-state index contributed by atoms with van der Waals surface area (Å²) in [7, 11) is 2.91. The Morgan fingerprint density at radius 2 is 1.52 bits per heavy atom. The first-order chi connectivity index (χ1) is 30.3. The van der Waals surface area contributed by atoms with Crippen LogP contribution in [0.1, 0.15) is 114 Å². The first kappa shape index (κ1) is 46.8. The van der Waals surface area contributed by atoms with Gasteiger partial charge in [0.15, 0.2) is 6.29 Å². The molecule has 63 heavy (non-hydrogen) atoms. The van der Waals surface area contributed by atoms with E-state index >= 15 is 0 Å². The van der Waals surface area contributed by atoms with E-state index in [2.05, 4.69) is 0 Å². The summed E-state index contributed by atoms with van der Waals surface area (Å²) in [6.45, 7) is 0.0247. The summed E-state index contributed by atoms with van der Waals surface area (Å²) in [5, 5.41) is 55.1. The number of allylic oxidation sites excluding steroid dienone is 2. The Balaban J connectivity index is 1.22. The number of hydrogen-bond donors (Lipinski definition) is 5. The number of cyclic esters (lactones) is 1. The molecule has 0 fully saturated rings. The minimum atomic E-state index is -1.53. The normalized spacial score (nSPS) is 22.5. The van der Waals surface area contributed by atoms with Crippen LogP contribution in [0.15, 0.2) is 97.1 Å². The van der Waals surface area contributed by atoms with Crippen LogP contribution in [0.3, 0.4) is 0 Å². The standard InChI is InChI=1S/C49H54ClNO12/c1-60-37-18-9-5-11-20-43(63-49(59)46-38(26-36(53)25-37)47(50)41(56)28-40(46)55)33-17-12-14-31(22-33)29-51(61-2)44(57)23-30-13-6-3-10-19-42(32-15-7-4-8-16-32)62-48(58)45-34(21-30)24-35(52)27-39(45)54/h3-5,7-8,10-12,14-17,22,24,27-28,30,37,42-43,48,52,54-56,58H,6,9,13,18-21,23,25-26,29H2,1-2H3/b10-3+,11-5+. The zero-order chi connectivity index (χ0) is 45.0. The zero-order valence-electron chi connectivity index (χ0n) is 35.3. The number of ether oxygens (including phenoxy) is 3. The van der Waals surface area contributed by atoms with Crippen molar-refractivity contribution in [3.63, 3.8) is 0 Å². The van der Waals surface area contributed by atoms with E-state index in [9.17, 15) is 39.9 Å². The van der Waals surface area contributed by atoms with Gasteiger partial charge in [-0.05, 0) is 72.8 Å². The molecule has 2 heterocycles. The maximum atomic E-state index is 14.0. The Bertz CT molecular complexity index is 2300. The average Bonchev–Trinajstić information content (AvgIpc) is 3.25. The fourth-order valence-electron chi connectivity index (χ4n) is 8.18. The number of aromatic hydroxyl groups is 4. The summed E-state index contributed by atoms with van der Waals surface area (Å²) in [6.07, 6.45) is 7.47. The quantitative estimate of drug-likeness (QED) is 0.0642. The number of aliphatic hydroxyl groups is 1. The summed E-state index contributed by atoms with van der Waals surface area (Å²) in [5.41, 5.74) is 2.28. The molecule has 0 bridgehead atoms. The summed E-state index contributed by atoms with van der Waals surface area (Å²) < 4.78 is 17.7. The second-order valence-electron chi connectivity index (χ2n) is 15.9. The van der Waals surface area contributed by atoms with E-state index in [1.165, 1.54) is 25.3 Å². The van der Waals surface area contributed by atoms with Crippen molar-refractivity contribution < 1.29 is 59.0 Å². The molecule has 334 valence electrons. The lowest BCUT2D eigenvalue weighted by atomic mass is 9.88. The molecule has 5 atom stereocenters. The molecule has 2 aliphatic heterocycles. The van der Waals surface area contributed by atoms with Gasteiger partial charge in [0.05, 0.1) is 36.4 Å². The molecule has 0 spiro atoms. The lowest BCUT2D eigenvalue weighted by molar-refractivity contribution is -0.180. The van der Waals surface area contributed by atoms with Gasteiger partial charge in [-0.15, -0.1) is 0 Å². The maximum absolute atomic E-state index is 14.0. The number of phenolic OH excluding ortho intramolecular Hbond substituents is 4. The van der Waals surface area contributed by atoms with Crippen molar-refractivity contribution in [3.05, 3.63) is 141 Å². The Hall–Kier alpha value is -5.70. The lowest BCUT2D eigenvalue weighted by Crippen LogP contribution is -2.31. The van der Waals surface area contributed by atoms with E-state index < -0.39 is 42.1 Å². The zero-order valence-corrected chi connectivity index (χ0v) is 36.1. The predicted octanol–water partition coefficient (Wildman–Crippen LogP) is 8.95. The van der Waals surface area contributed by atoms with E-state index in [-0.39, 0.29) is 89.5 Å².